The Morgan fingerprint density at radius 2 is 1.47 bits per heavy atom. The molecule has 1 heterocycles. The number of hydrogen-bond donors (Lipinski definition) is 0. The van der Waals surface area contributed by atoms with Gasteiger partial charge in [0.15, 0.2) is 7.28 Å². The Morgan fingerprint density at radius 3 is 2.33 bits per heavy atom. The molecule has 0 atom stereocenters. The molecule has 5 aromatic rings. The maximum atomic E-state index is 2.45. The van der Waals surface area contributed by atoms with E-state index < -0.39 is 0 Å². The highest BCUT2D eigenvalue weighted by Crippen LogP contribution is 2.50. The summed E-state index contributed by atoms with van der Waals surface area (Å²) < 4.78 is 2.45. The second kappa shape index (κ2) is 6.12. The second-order valence-electron chi connectivity index (χ2n) is 8.96. The van der Waals surface area contributed by atoms with Crippen molar-refractivity contribution in [3.05, 3.63) is 96.1 Å². The maximum absolute atomic E-state index is 2.45. The minimum atomic E-state index is 0.00662. The number of rotatable bonds is 2. The Morgan fingerprint density at radius 1 is 0.667 bits per heavy atom. The van der Waals surface area contributed by atoms with Gasteiger partial charge in [-0.05, 0) is 52.6 Å². The fourth-order valence-corrected chi connectivity index (χ4v) is 5.36. The van der Waals surface area contributed by atoms with Gasteiger partial charge in [0.05, 0.1) is 11.0 Å². The van der Waals surface area contributed by atoms with Crippen LogP contribution in [0.25, 0.3) is 38.6 Å². The van der Waals surface area contributed by atoms with Crippen LogP contribution in [0.3, 0.4) is 0 Å². The fraction of sp³-hybridized carbons (Fsp3) is 0.143. The first-order valence-electron chi connectivity index (χ1n) is 10.9. The molecule has 0 spiro atoms. The van der Waals surface area contributed by atoms with E-state index >= 15 is 0 Å². The minimum absolute atomic E-state index is 0.00662. The SMILES string of the molecule is CBc1cccc(-n2c3ccccc3c3cc4c(cc32)C(C)(C)c2ccccc2-4)c1. The molecule has 0 N–H and O–H groups in total. The molecule has 0 bridgehead atoms. The highest BCUT2D eigenvalue weighted by atomic mass is 15.0. The average molecular weight is 385 g/mol. The molecule has 6 rings (SSSR count). The lowest BCUT2D eigenvalue weighted by Crippen LogP contribution is -2.15. The lowest BCUT2D eigenvalue weighted by atomic mass is 9.73. The highest BCUT2D eigenvalue weighted by molar-refractivity contribution is 6.52. The highest BCUT2D eigenvalue weighted by Gasteiger charge is 2.36. The van der Waals surface area contributed by atoms with Crippen LogP contribution in [0.5, 0.6) is 0 Å². The Balaban J connectivity index is 1.75. The van der Waals surface area contributed by atoms with Crippen LogP contribution >= 0.6 is 0 Å². The van der Waals surface area contributed by atoms with Crippen molar-refractivity contribution < 1.29 is 0 Å². The largest absolute Gasteiger partial charge is 0.309 e. The summed E-state index contributed by atoms with van der Waals surface area (Å²) in [5.41, 5.74) is 10.8. The predicted octanol–water partition coefficient (Wildman–Crippen LogP) is 6.20. The van der Waals surface area contributed by atoms with Crippen molar-refractivity contribution >= 4 is 34.5 Å². The molecule has 0 radical (unpaired) electrons. The lowest BCUT2D eigenvalue weighted by molar-refractivity contribution is 0.661. The van der Waals surface area contributed by atoms with E-state index in [4.69, 9.17) is 0 Å². The van der Waals surface area contributed by atoms with Gasteiger partial charge in [-0.2, -0.15) is 0 Å². The van der Waals surface area contributed by atoms with E-state index in [1.165, 1.54) is 55.2 Å². The van der Waals surface area contributed by atoms with Crippen molar-refractivity contribution in [2.45, 2.75) is 26.1 Å². The van der Waals surface area contributed by atoms with Gasteiger partial charge in [-0.15, -0.1) is 0 Å². The topological polar surface area (TPSA) is 4.93 Å². The molecule has 0 amide bonds. The molecule has 144 valence electrons. The van der Waals surface area contributed by atoms with Crippen LogP contribution in [-0.4, -0.2) is 11.8 Å². The molecule has 4 aromatic carbocycles. The number of fused-ring (bicyclic) bond motifs is 6. The van der Waals surface area contributed by atoms with Crippen molar-refractivity contribution in [3.8, 4) is 16.8 Å². The summed E-state index contributed by atoms with van der Waals surface area (Å²) in [4.78, 5) is 0. The maximum Gasteiger partial charge on any atom is 0.154 e. The molecule has 0 saturated carbocycles. The van der Waals surface area contributed by atoms with E-state index in [9.17, 15) is 0 Å². The van der Waals surface area contributed by atoms with E-state index in [2.05, 4.69) is 110 Å². The summed E-state index contributed by atoms with van der Waals surface area (Å²) in [6, 6.07) is 31.5. The number of hydrogen-bond acceptors (Lipinski definition) is 0. The fourth-order valence-electron chi connectivity index (χ4n) is 5.36. The van der Waals surface area contributed by atoms with E-state index in [1.807, 2.05) is 0 Å². The number of aromatic nitrogens is 1. The first-order chi connectivity index (χ1) is 14.6. The molecule has 0 saturated heterocycles. The van der Waals surface area contributed by atoms with Crippen molar-refractivity contribution in [2.75, 3.05) is 0 Å². The lowest BCUT2D eigenvalue weighted by Gasteiger charge is -2.21. The first kappa shape index (κ1) is 17.6. The first-order valence-corrected chi connectivity index (χ1v) is 10.9. The summed E-state index contributed by atoms with van der Waals surface area (Å²) in [7, 11) is 1.04. The summed E-state index contributed by atoms with van der Waals surface area (Å²) in [6.07, 6.45) is 0. The summed E-state index contributed by atoms with van der Waals surface area (Å²) in [5.74, 6) is 0. The molecule has 30 heavy (non-hydrogen) atoms. The normalized spacial score (nSPS) is 14.1. The zero-order chi connectivity index (χ0) is 20.5. The standard InChI is InChI=1S/C28H24BN/c1-28(2)24-13-6-4-11-20(24)22-16-23-21-12-5-7-14-26(21)30(27(23)17-25(22)28)19-10-8-9-18(15-19)29-3/h4-17,29H,1-3H3. The molecule has 2 heteroatoms. The van der Waals surface area contributed by atoms with Crippen LogP contribution in [-0.2, 0) is 5.41 Å². The number of para-hydroxylation sites is 1. The second-order valence-corrected chi connectivity index (χ2v) is 8.96. The number of nitrogens with zero attached hydrogens (tertiary/aromatic N) is 1. The molecular formula is C28H24BN. The van der Waals surface area contributed by atoms with Crippen molar-refractivity contribution in [3.63, 3.8) is 0 Å². The van der Waals surface area contributed by atoms with E-state index in [-0.39, 0.29) is 5.41 Å². The molecule has 1 aromatic heterocycles. The van der Waals surface area contributed by atoms with E-state index in [0.29, 0.717) is 0 Å². The van der Waals surface area contributed by atoms with Gasteiger partial charge in [0.1, 0.15) is 0 Å². The molecule has 1 aliphatic carbocycles. The van der Waals surface area contributed by atoms with Gasteiger partial charge in [0.25, 0.3) is 0 Å². The van der Waals surface area contributed by atoms with Crippen LogP contribution < -0.4 is 5.46 Å². The van der Waals surface area contributed by atoms with E-state index in [1.54, 1.807) is 0 Å². The van der Waals surface area contributed by atoms with Gasteiger partial charge in [0, 0.05) is 21.9 Å². The molecular weight excluding hydrogens is 361 g/mol. The van der Waals surface area contributed by atoms with Crippen molar-refractivity contribution in [1.29, 1.82) is 0 Å². The molecule has 1 nitrogen and oxygen atoms in total. The van der Waals surface area contributed by atoms with Crippen LogP contribution in [0.2, 0.25) is 6.82 Å². The number of benzene rings is 4. The van der Waals surface area contributed by atoms with Gasteiger partial charge < -0.3 is 4.57 Å². The van der Waals surface area contributed by atoms with Gasteiger partial charge in [-0.25, -0.2) is 0 Å². The predicted molar refractivity (Wildman–Crippen MR) is 131 cm³/mol. The molecule has 0 fully saturated rings. The van der Waals surface area contributed by atoms with Crippen LogP contribution in [0.4, 0.5) is 0 Å². The zero-order valence-corrected chi connectivity index (χ0v) is 17.7. The average Bonchev–Trinajstić information content (AvgIpc) is 3.22. The van der Waals surface area contributed by atoms with Crippen molar-refractivity contribution in [1.82, 2.24) is 4.57 Å². The Kier molecular flexibility index (Phi) is 3.59. The zero-order valence-electron chi connectivity index (χ0n) is 17.7. The van der Waals surface area contributed by atoms with Gasteiger partial charge in [-0.1, -0.05) is 80.7 Å². The monoisotopic (exact) mass is 385 g/mol. The van der Waals surface area contributed by atoms with Gasteiger partial charge in [-0.3, -0.25) is 0 Å². The smallest absolute Gasteiger partial charge is 0.154 e. The Bertz CT molecular complexity index is 1450. The van der Waals surface area contributed by atoms with Gasteiger partial charge in [0.2, 0.25) is 0 Å². The molecule has 1 aliphatic rings. The molecule has 0 aliphatic heterocycles. The minimum Gasteiger partial charge on any atom is -0.309 e. The third-order valence-corrected chi connectivity index (χ3v) is 6.95. The van der Waals surface area contributed by atoms with Crippen LogP contribution in [0.1, 0.15) is 25.0 Å². The molecule has 0 unspecified atom stereocenters. The van der Waals surface area contributed by atoms with Crippen LogP contribution in [0.15, 0.2) is 84.9 Å². The summed E-state index contributed by atoms with van der Waals surface area (Å²) >= 11 is 0. The third kappa shape index (κ3) is 2.25. The third-order valence-electron chi connectivity index (χ3n) is 6.95. The van der Waals surface area contributed by atoms with Crippen molar-refractivity contribution in [2.24, 2.45) is 0 Å². The Hall–Kier alpha value is -3.26. The quantitative estimate of drug-likeness (QED) is 0.319. The summed E-state index contributed by atoms with van der Waals surface area (Å²) in [5, 5.41) is 2.65. The van der Waals surface area contributed by atoms with E-state index in [0.717, 1.165) is 7.28 Å². The summed E-state index contributed by atoms with van der Waals surface area (Å²) in [6.45, 7) is 6.93. The van der Waals surface area contributed by atoms with Gasteiger partial charge >= 0.3 is 0 Å². The van der Waals surface area contributed by atoms with Crippen LogP contribution in [0, 0.1) is 0 Å². The Labute approximate surface area is 178 Å².